The van der Waals surface area contributed by atoms with Crippen molar-refractivity contribution in [2.24, 2.45) is 5.92 Å². The van der Waals surface area contributed by atoms with E-state index in [1.54, 1.807) is 30.3 Å². The Balaban J connectivity index is 2.03. The summed E-state index contributed by atoms with van der Waals surface area (Å²) in [6, 6.07) is 10.7. The summed E-state index contributed by atoms with van der Waals surface area (Å²) in [4.78, 5) is 24.8. The normalized spacial score (nSPS) is 12.0. The van der Waals surface area contributed by atoms with Gasteiger partial charge in [0.2, 0.25) is 0 Å². The Bertz CT molecular complexity index is 809. The zero-order chi connectivity index (χ0) is 20.1. The van der Waals surface area contributed by atoms with Crippen LogP contribution >= 0.6 is 23.2 Å². The molecule has 0 bridgehead atoms. The molecular weight excluding hydrogens is 385 g/mol. The van der Waals surface area contributed by atoms with Gasteiger partial charge in [-0.3, -0.25) is 9.59 Å². The zero-order valence-electron chi connectivity index (χ0n) is 15.8. The lowest BCUT2D eigenvalue weighted by Crippen LogP contribution is -2.26. The van der Waals surface area contributed by atoms with E-state index in [9.17, 15) is 9.59 Å². The molecule has 27 heavy (non-hydrogen) atoms. The van der Waals surface area contributed by atoms with Crippen LogP contribution in [0.1, 0.15) is 36.5 Å². The summed E-state index contributed by atoms with van der Waals surface area (Å²) in [5.74, 6) is -1.35. The molecule has 6 heteroatoms. The quantitative estimate of drug-likeness (QED) is 0.640. The fraction of sp³-hybridized carbons (Fsp3) is 0.333. The molecule has 0 unspecified atom stereocenters. The van der Waals surface area contributed by atoms with E-state index in [4.69, 9.17) is 27.9 Å². The number of carbonyl (C=O) groups is 2. The molecule has 1 atom stereocenters. The van der Waals surface area contributed by atoms with E-state index in [2.05, 4.69) is 5.32 Å². The number of carbonyl (C=O) groups excluding carboxylic acids is 2. The van der Waals surface area contributed by atoms with E-state index < -0.39 is 17.8 Å². The number of hydrogen-bond donors (Lipinski definition) is 1. The van der Waals surface area contributed by atoms with E-state index >= 15 is 0 Å². The second-order valence-electron chi connectivity index (χ2n) is 6.87. The molecule has 0 radical (unpaired) electrons. The summed E-state index contributed by atoms with van der Waals surface area (Å²) >= 11 is 12.1. The number of rotatable bonds is 6. The van der Waals surface area contributed by atoms with Gasteiger partial charge < -0.3 is 10.1 Å². The molecule has 0 saturated heterocycles. The number of ether oxygens (including phenoxy) is 1. The maximum absolute atomic E-state index is 12.5. The Hall–Kier alpha value is -2.04. The maximum atomic E-state index is 12.5. The standard InChI is InChI=1S/C21H23Cl2NO3/c1-12(2)19(15-5-7-16(22)8-6-15)21(26)27-11-18(25)24-20-14(4)9-13(3)10-17(20)23/h5-10,12,19H,11H2,1-4H3,(H,24,25)/t19-/m0/s1. The molecule has 144 valence electrons. The number of esters is 1. The third-order valence-electron chi connectivity index (χ3n) is 4.19. The first kappa shape index (κ1) is 21.3. The molecule has 1 N–H and O–H groups in total. The summed E-state index contributed by atoms with van der Waals surface area (Å²) < 4.78 is 5.26. The lowest BCUT2D eigenvalue weighted by molar-refractivity contribution is -0.149. The monoisotopic (exact) mass is 407 g/mol. The van der Waals surface area contributed by atoms with Gasteiger partial charge in [-0.1, -0.05) is 55.2 Å². The van der Waals surface area contributed by atoms with E-state index in [1.165, 1.54) is 0 Å². The van der Waals surface area contributed by atoms with Crippen molar-refractivity contribution in [3.63, 3.8) is 0 Å². The average molecular weight is 408 g/mol. The minimum atomic E-state index is -0.472. The Morgan fingerprint density at radius 2 is 1.70 bits per heavy atom. The smallest absolute Gasteiger partial charge is 0.314 e. The van der Waals surface area contributed by atoms with E-state index in [-0.39, 0.29) is 12.5 Å². The Kier molecular flexibility index (Phi) is 7.28. The van der Waals surface area contributed by atoms with Crippen LogP contribution in [0.5, 0.6) is 0 Å². The van der Waals surface area contributed by atoms with E-state index in [0.29, 0.717) is 15.7 Å². The molecule has 1 amide bonds. The van der Waals surface area contributed by atoms with Gasteiger partial charge in [0.25, 0.3) is 5.91 Å². The first-order valence-electron chi connectivity index (χ1n) is 8.67. The van der Waals surface area contributed by atoms with Crippen LogP contribution in [0.15, 0.2) is 36.4 Å². The molecule has 2 aromatic rings. The van der Waals surface area contributed by atoms with Gasteiger partial charge >= 0.3 is 5.97 Å². The lowest BCUT2D eigenvalue weighted by Gasteiger charge is -2.20. The Morgan fingerprint density at radius 1 is 1.07 bits per heavy atom. The minimum absolute atomic E-state index is 0.00974. The highest BCUT2D eigenvalue weighted by Crippen LogP contribution is 2.28. The topological polar surface area (TPSA) is 55.4 Å². The van der Waals surface area contributed by atoms with E-state index in [0.717, 1.165) is 16.7 Å². The Morgan fingerprint density at radius 3 is 2.26 bits per heavy atom. The number of nitrogens with one attached hydrogen (secondary N) is 1. The number of halogens is 2. The molecule has 0 aliphatic heterocycles. The van der Waals surface area contributed by atoms with Gasteiger partial charge in [-0.2, -0.15) is 0 Å². The van der Waals surface area contributed by atoms with Crippen LogP contribution in [-0.2, 0) is 14.3 Å². The fourth-order valence-corrected chi connectivity index (χ4v) is 3.43. The second-order valence-corrected chi connectivity index (χ2v) is 7.71. The minimum Gasteiger partial charge on any atom is -0.455 e. The third kappa shape index (κ3) is 5.72. The maximum Gasteiger partial charge on any atom is 0.314 e. The first-order valence-corrected chi connectivity index (χ1v) is 9.43. The van der Waals surface area contributed by atoms with Gasteiger partial charge in [0, 0.05) is 5.02 Å². The van der Waals surface area contributed by atoms with Gasteiger partial charge in [-0.25, -0.2) is 0 Å². The van der Waals surface area contributed by atoms with Crippen LogP contribution in [0.2, 0.25) is 10.0 Å². The predicted molar refractivity (Wildman–Crippen MR) is 110 cm³/mol. The third-order valence-corrected chi connectivity index (χ3v) is 4.74. The zero-order valence-corrected chi connectivity index (χ0v) is 17.3. The van der Waals surface area contributed by atoms with Crippen LogP contribution in [0.25, 0.3) is 0 Å². The van der Waals surface area contributed by atoms with Crippen molar-refractivity contribution in [1.29, 1.82) is 0 Å². The highest BCUT2D eigenvalue weighted by molar-refractivity contribution is 6.34. The number of anilines is 1. The molecule has 0 aliphatic rings. The summed E-state index contributed by atoms with van der Waals surface area (Å²) in [6.45, 7) is 7.26. The largest absolute Gasteiger partial charge is 0.455 e. The fourth-order valence-electron chi connectivity index (χ4n) is 2.94. The van der Waals surface area contributed by atoms with Crippen molar-refractivity contribution < 1.29 is 14.3 Å². The second kappa shape index (κ2) is 9.25. The van der Waals surface area contributed by atoms with Crippen molar-refractivity contribution in [1.82, 2.24) is 0 Å². The summed E-state index contributed by atoms with van der Waals surface area (Å²) in [5.41, 5.74) is 3.18. The number of hydrogen-bond acceptors (Lipinski definition) is 3. The first-order chi connectivity index (χ1) is 12.7. The van der Waals surface area contributed by atoms with Crippen molar-refractivity contribution >= 4 is 40.8 Å². The van der Waals surface area contributed by atoms with Gasteiger partial charge in [-0.15, -0.1) is 0 Å². The van der Waals surface area contributed by atoms with Crippen molar-refractivity contribution in [2.75, 3.05) is 11.9 Å². The summed E-state index contributed by atoms with van der Waals surface area (Å²) in [5, 5.41) is 3.76. The van der Waals surface area contributed by atoms with Gasteiger partial charge in [0.05, 0.1) is 16.6 Å². The molecule has 2 aromatic carbocycles. The Labute approximate surface area is 169 Å². The highest BCUT2D eigenvalue weighted by Gasteiger charge is 2.26. The van der Waals surface area contributed by atoms with Gasteiger partial charge in [-0.05, 0) is 54.7 Å². The number of amides is 1. The van der Waals surface area contributed by atoms with Crippen molar-refractivity contribution in [2.45, 2.75) is 33.6 Å². The highest BCUT2D eigenvalue weighted by atomic mass is 35.5. The molecule has 0 fully saturated rings. The van der Waals surface area contributed by atoms with Crippen molar-refractivity contribution in [3.8, 4) is 0 Å². The number of benzene rings is 2. The molecule has 0 aromatic heterocycles. The number of aryl methyl sites for hydroxylation is 2. The predicted octanol–water partition coefficient (Wildman–Crippen LogP) is 5.53. The van der Waals surface area contributed by atoms with Gasteiger partial charge in [0.1, 0.15) is 0 Å². The molecule has 4 nitrogen and oxygen atoms in total. The van der Waals surface area contributed by atoms with E-state index in [1.807, 2.05) is 33.8 Å². The summed E-state index contributed by atoms with van der Waals surface area (Å²) in [6.07, 6.45) is 0. The molecule has 0 spiro atoms. The molecular formula is C21H23Cl2NO3. The van der Waals surface area contributed by atoms with Gasteiger partial charge in [0.15, 0.2) is 6.61 Å². The van der Waals surface area contributed by atoms with Crippen LogP contribution in [0.4, 0.5) is 5.69 Å². The molecule has 0 heterocycles. The average Bonchev–Trinajstić information content (AvgIpc) is 2.58. The van der Waals surface area contributed by atoms with Crippen LogP contribution in [0.3, 0.4) is 0 Å². The van der Waals surface area contributed by atoms with Crippen molar-refractivity contribution in [3.05, 3.63) is 63.1 Å². The summed E-state index contributed by atoms with van der Waals surface area (Å²) in [7, 11) is 0. The lowest BCUT2D eigenvalue weighted by atomic mass is 9.88. The van der Waals surface area contributed by atoms with Crippen LogP contribution in [0, 0.1) is 19.8 Å². The van der Waals surface area contributed by atoms with Crippen LogP contribution in [-0.4, -0.2) is 18.5 Å². The SMILES string of the molecule is Cc1cc(C)c(NC(=O)COC(=O)[C@H](c2ccc(Cl)cc2)C(C)C)c(Cl)c1. The molecule has 0 saturated carbocycles. The molecule has 2 rings (SSSR count). The van der Waals surface area contributed by atoms with Crippen LogP contribution < -0.4 is 5.32 Å². The molecule has 0 aliphatic carbocycles.